The molecule has 0 atom stereocenters. The van der Waals surface area contributed by atoms with Crippen LogP contribution in [0.4, 0.5) is 22.7 Å². The van der Waals surface area contributed by atoms with Gasteiger partial charge in [-0.15, -0.1) is 5.10 Å². The van der Waals surface area contributed by atoms with Crippen LogP contribution in [0.1, 0.15) is 36.7 Å². The summed E-state index contributed by atoms with van der Waals surface area (Å²) in [6, 6.07) is 22.7. The van der Waals surface area contributed by atoms with Crippen molar-refractivity contribution < 1.29 is 4.79 Å². The molecule has 38 heavy (non-hydrogen) atoms. The molecule has 196 valence electrons. The molecule has 1 aromatic heterocycles. The minimum absolute atomic E-state index is 0.112. The Hall–Kier alpha value is -4.92. The molecule has 0 aliphatic heterocycles. The summed E-state index contributed by atoms with van der Waals surface area (Å²) in [5.74, 6) is -0.323. The fourth-order valence-corrected chi connectivity index (χ4v) is 3.57. The van der Waals surface area contributed by atoms with Crippen molar-refractivity contribution in [1.82, 2.24) is 4.98 Å². The first kappa shape index (κ1) is 27.7. The van der Waals surface area contributed by atoms with Gasteiger partial charge < -0.3 is 27.0 Å². The van der Waals surface area contributed by atoms with Gasteiger partial charge in [0.05, 0.1) is 11.2 Å². The molecule has 9 heteroatoms. The number of nitrogens with one attached hydrogen (secondary N) is 2. The highest BCUT2D eigenvalue weighted by Gasteiger charge is 2.08. The Balaban J connectivity index is 0.00000195. The number of nitrogens with two attached hydrogens (primary N) is 2. The maximum Gasteiger partial charge on any atom is 0.255 e. The Kier molecular flexibility index (Phi) is 9.37. The molecule has 0 fully saturated rings. The summed E-state index contributed by atoms with van der Waals surface area (Å²) < 4.78 is 0. The highest BCUT2D eigenvalue weighted by atomic mass is 16.1. The van der Waals surface area contributed by atoms with E-state index in [1.54, 1.807) is 37.4 Å². The molecular weight excluding hydrogens is 476 g/mol. The van der Waals surface area contributed by atoms with Crippen LogP contribution in [0.25, 0.3) is 10.9 Å². The van der Waals surface area contributed by atoms with Crippen molar-refractivity contribution in [1.29, 1.82) is 0 Å². The van der Waals surface area contributed by atoms with Gasteiger partial charge in [0.2, 0.25) is 5.96 Å². The molecule has 6 N–H and O–H groups in total. The van der Waals surface area contributed by atoms with Gasteiger partial charge in [-0.1, -0.05) is 26.0 Å². The third-order valence-corrected chi connectivity index (χ3v) is 5.54. The molecule has 0 unspecified atom stereocenters. The van der Waals surface area contributed by atoms with Crippen molar-refractivity contribution in [3.8, 4) is 0 Å². The van der Waals surface area contributed by atoms with Crippen LogP contribution < -0.4 is 27.0 Å². The number of hydrogen-bond donors (Lipinski definition) is 4. The van der Waals surface area contributed by atoms with Gasteiger partial charge >= 0.3 is 0 Å². The van der Waals surface area contributed by atoms with E-state index < -0.39 is 0 Å². The number of fused-ring (bicyclic) bond motifs is 1. The predicted molar refractivity (Wildman–Crippen MR) is 160 cm³/mol. The number of amides is 1. The van der Waals surface area contributed by atoms with Crippen molar-refractivity contribution in [3.05, 3.63) is 90.1 Å². The van der Waals surface area contributed by atoms with Crippen molar-refractivity contribution in [2.45, 2.75) is 20.8 Å². The maximum absolute atomic E-state index is 12.7. The maximum atomic E-state index is 12.7. The molecule has 0 saturated heterocycles. The summed E-state index contributed by atoms with van der Waals surface area (Å²) in [6.45, 7) is 5.78. The number of rotatable bonds is 7. The molecule has 4 aromatic rings. The van der Waals surface area contributed by atoms with Crippen LogP contribution in [-0.2, 0) is 0 Å². The average Bonchev–Trinajstić information content (AvgIpc) is 2.93. The van der Waals surface area contributed by atoms with E-state index in [9.17, 15) is 4.79 Å². The summed E-state index contributed by atoms with van der Waals surface area (Å²) in [7, 11) is 4.02. The number of aromatic nitrogens is 1. The lowest BCUT2D eigenvalue weighted by atomic mass is 10.1. The van der Waals surface area contributed by atoms with Crippen LogP contribution in [-0.4, -0.2) is 36.7 Å². The molecule has 4 rings (SSSR count). The summed E-state index contributed by atoms with van der Waals surface area (Å²) >= 11 is 0. The predicted octanol–water partition coefficient (Wildman–Crippen LogP) is 5.32. The molecule has 0 radical (unpaired) electrons. The largest absolute Gasteiger partial charge is 0.378 e. The highest BCUT2D eigenvalue weighted by Crippen LogP contribution is 2.29. The lowest BCUT2D eigenvalue weighted by molar-refractivity contribution is 0.102. The first-order valence-electron chi connectivity index (χ1n) is 12.3. The second kappa shape index (κ2) is 12.9. The van der Waals surface area contributed by atoms with Crippen LogP contribution in [0.15, 0.2) is 89.2 Å². The summed E-state index contributed by atoms with van der Waals surface area (Å²) in [6.07, 6.45) is 1.79. The molecule has 0 saturated carbocycles. The number of nitrogens with zero attached hydrogens (tertiary/aromatic N) is 4. The number of benzene rings is 3. The second-order valence-electron chi connectivity index (χ2n) is 8.40. The molecule has 1 amide bonds. The van der Waals surface area contributed by atoms with Gasteiger partial charge in [-0.25, -0.2) is 0 Å². The van der Waals surface area contributed by atoms with Crippen LogP contribution in [0.5, 0.6) is 0 Å². The zero-order valence-corrected chi connectivity index (χ0v) is 22.4. The first-order valence-corrected chi connectivity index (χ1v) is 12.3. The SMILES string of the molecule is C/C(=N\N=C(N)N)c1ccc(C(=O)Nc2ccc(Nc3ccnc4ccc(N(C)C)cc34)cc2)cc1.CC. The zero-order valence-electron chi connectivity index (χ0n) is 22.4. The van der Waals surface area contributed by atoms with Crippen molar-refractivity contribution in [2.75, 3.05) is 29.6 Å². The van der Waals surface area contributed by atoms with E-state index in [0.29, 0.717) is 17.0 Å². The van der Waals surface area contributed by atoms with E-state index in [1.165, 1.54) is 0 Å². The fraction of sp³-hybridized carbons (Fsp3) is 0.172. The van der Waals surface area contributed by atoms with E-state index >= 15 is 0 Å². The van der Waals surface area contributed by atoms with Crippen LogP contribution >= 0.6 is 0 Å². The highest BCUT2D eigenvalue weighted by molar-refractivity contribution is 6.05. The van der Waals surface area contributed by atoms with Crippen molar-refractivity contribution in [3.63, 3.8) is 0 Å². The van der Waals surface area contributed by atoms with Gasteiger partial charge in [-0.05, 0) is 73.2 Å². The van der Waals surface area contributed by atoms with E-state index in [-0.39, 0.29) is 11.9 Å². The van der Waals surface area contributed by atoms with Crippen molar-refractivity contribution in [2.24, 2.45) is 21.7 Å². The van der Waals surface area contributed by atoms with Gasteiger partial charge in [-0.2, -0.15) is 5.10 Å². The molecule has 0 aliphatic rings. The van der Waals surface area contributed by atoms with Gasteiger partial charge in [-0.3, -0.25) is 9.78 Å². The smallest absolute Gasteiger partial charge is 0.255 e. The van der Waals surface area contributed by atoms with Gasteiger partial charge in [0.1, 0.15) is 0 Å². The second-order valence-corrected chi connectivity index (χ2v) is 8.40. The molecule has 0 aliphatic carbocycles. The molecule has 0 spiro atoms. The minimum Gasteiger partial charge on any atom is -0.378 e. The van der Waals surface area contributed by atoms with Crippen LogP contribution in [0, 0.1) is 0 Å². The number of pyridine rings is 1. The van der Waals surface area contributed by atoms with E-state index in [0.717, 1.165) is 33.5 Å². The Bertz CT molecular complexity index is 1440. The zero-order chi connectivity index (χ0) is 27.7. The lowest BCUT2D eigenvalue weighted by Crippen LogP contribution is -2.22. The van der Waals surface area contributed by atoms with E-state index in [4.69, 9.17) is 11.5 Å². The molecular formula is C29H34N8O. The number of guanidine groups is 1. The Morgan fingerprint density at radius 3 is 2.11 bits per heavy atom. The number of carbonyl (C=O) groups excluding carboxylic acids is 1. The molecule has 9 nitrogen and oxygen atoms in total. The van der Waals surface area contributed by atoms with Gasteiger partial charge in [0.25, 0.3) is 5.91 Å². The van der Waals surface area contributed by atoms with Crippen LogP contribution in [0.2, 0.25) is 0 Å². The lowest BCUT2D eigenvalue weighted by Gasteiger charge is -2.15. The van der Waals surface area contributed by atoms with Gasteiger partial charge in [0.15, 0.2) is 0 Å². The Morgan fingerprint density at radius 1 is 0.842 bits per heavy atom. The first-order chi connectivity index (χ1) is 18.3. The normalized spacial score (nSPS) is 10.7. The average molecular weight is 511 g/mol. The summed E-state index contributed by atoms with van der Waals surface area (Å²) in [5, 5.41) is 15.0. The van der Waals surface area contributed by atoms with E-state index in [1.807, 2.05) is 70.4 Å². The minimum atomic E-state index is -0.211. The standard InChI is InChI=1S/C27H28N8O.C2H6/c1-17(33-34-27(28)29)18-4-6-19(7-5-18)26(36)32-21-10-8-20(9-11-21)31-25-14-15-30-24-13-12-22(35(2)3)16-23(24)25;1-2/h4-16H,1-3H3,(H,30,31)(H,32,36)(H4,28,29,34);1-2H3/b33-17+;. The van der Waals surface area contributed by atoms with Gasteiger partial charge in [0, 0.05) is 54.0 Å². The number of carbonyl (C=O) groups is 1. The van der Waals surface area contributed by atoms with Crippen LogP contribution in [0.3, 0.4) is 0 Å². The molecule has 1 heterocycles. The quantitative estimate of drug-likeness (QED) is 0.151. The number of hydrogen-bond acceptors (Lipinski definition) is 6. The Morgan fingerprint density at radius 2 is 1.47 bits per heavy atom. The molecule has 0 bridgehead atoms. The third-order valence-electron chi connectivity index (χ3n) is 5.54. The Labute approximate surface area is 223 Å². The number of anilines is 4. The summed E-state index contributed by atoms with van der Waals surface area (Å²) in [5.41, 5.74) is 17.1. The molecule has 3 aromatic carbocycles. The topological polar surface area (TPSA) is 134 Å². The van der Waals surface area contributed by atoms with Crippen molar-refractivity contribution >= 4 is 51.2 Å². The summed E-state index contributed by atoms with van der Waals surface area (Å²) in [4.78, 5) is 19.2. The fourth-order valence-electron chi connectivity index (χ4n) is 3.57. The monoisotopic (exact) mass is 510 g/mol. The van der Waals surface area contributed by atoms with E-state index in [2.05, 4.69) is 36.8 Å². The third kappa shape index (κ3) is 7.07.